The lowest BCUT2D eigenvalue weighted by atomic mass is 10.1. The van der Waals surface area contributed by atoms with Gasteiger partial charge in [0.15, 0.2) is 11.5 Å². The highest BCUT2D eigenvalue weighted by molar-refractivity contribution is 5.83. The fourth-order valence-electron chi connectivity index (χ4n) is 2.17. The number of nitrogens with one attached hydrogen (secondary N) is 3. The topological polar surface area (TPSA) is 78.5 Å². The Kier molecular flexibility index (Phi) is 3.95. The number of aromatic amines is 1. The predicted octanol–water partition coefficient (Wildman–Crippen LogP) is 2.44. The van der Waals surface area contributed by atoms with Gasteiger partial charge in [0.1, 0.15) is 5.52 Å². The normalized spacial score (nSPS) is 10.7. The summed E-state index contributed by atoms with van der Waals surface area (Å²) in [6.45, 7) is 3.60. The van der Waals surface area contributed by atoms with Gasteiger partial charge in [0, 0.05) is 13.1 Å². The maximum atomic E-state index is 4.49. The van der Waals surface area contributed by atoms with Gasteiger partial charge in [-0.1, -0.05) is 30.3 Å². The lowest BCUT2D eigenvalue weighted by Crippen LogP contribution is -2.10. The highest BCUT2D eigenvalue weighted by Crippen LogP contribution is 2.18. The molecule has 0 radical (unpaired) electrons. The lowest BCUT2D eigenvalue weighted by molar-refractivity contribution is 1.00. The molecule has 2 heterocycles. The van der Waals surface area contributed by atoms with Gasteiger partial charge in [-0.2, -0.15) is 9.97 Å². The van der Waals surface area contributed by atoms with E-state index in [1.807, 2.05) is 13.0 Å². The maximum Gasteiger partial charge on any atom is 0.226 e. The van der Waals surface area contributed by atoms with Crippen LogP contribution in [0.1, 0.15) is 12.5 Å². The van der Waals surface area contributed by atoms with Gasteiger partial charge in [0.25, 0.3) is 0 Å². The van der Waals surface area contributed by atoms with E-state index in [-0.39, 0.29) is 0 Å². The average molecular weight is 282 g/mol. The molecule has 0 saturated heterocycles. The number of hydrogen-bond acceptors (Lipinski definition) is 5. The molecule has 0 fully saturated rings. The Hall–Kier alpha value is -2.63. The van der Waals surface area contributed by atoms with Crippen molar-refractivity contribution in [1.29, 1.82) is 0 Å². The van der Waals surface area contributed by atoms with Crippen molar-refractivity contribution in [2.24, 2.45) is 0 Å². The summed E-state index contributed by atoms with van der Waals surface area (Å²) in [7, 11) is 0. The highest BCUT2D eigenvalue weighted by atomic mass is 15.2. The van der Waals surface area contributed by atoms with Crippen LogP contribution in [0.25, 0.3) is 11.2 Å². The molecule has 0 aliphatic heterocycles. The van der Waals surface area contributed by atoms with Gasteiger partial charge < -0.3 is 15.6 Å². The highest BCUT2D eigenvalue weighted by Gasteiger charge is 2.09. The number of imidazole rings is 1. The lowest BCUT2D eigenvalue weighted by Gasteiger charge is -2.08. The number of benzene rings is 1. The first-order valence-electron chi connectivity index (χ1n) is 7.09. The van der Waals surface area contributed by atoms with Crippen molar-refractivity contribution >= 4 is 22.9 Å². The third-order valence-corrected chi connectivity index (χ3v) is 3.17. The molecular weight excluding hydrogens is 264 g/mol. The number of fused-ring (bicyclic) bond motifs is 1. The van der Waals surface area contributed by atoms with Crippen LogP contribution in [0.15, 0.2) is 36.7 Å². The van der Waals surface area contributed by atoms with E-state index in [0.717, 1.165) is 30.8 Å². The first kappa shape index (κ1) is 13.4. The van der Waals surface area contributed by atoms with Gasteiger partial charge in [-0.05, 0) is 18.9 Å². The van der Waals surface area contributed by atoms with Crippen LogP contribution < -0.4 is 10.6 Å². The summed E-state index contributed by atoms with van der Waals surface area (Å²) >= 11 is 0. The zero-order chi connectivity index (χ0) is 14.5. The van der Waals surface area contributed by atoms with Gasteiger partial charge in [-0.15, -0.1) is 0 Å². The van der Waals surface area contributed by atoms with Crippen molar-refractivity contribution in [3.05, 3.63) is 42.2 Å². The second kappa shape index (κ2) is 6.21. The van der Waals surface area contributed by atoms with Crippen molar-refractivity contribution < 1.29 is 0 Å². The fraction of sp³-hybridized carbons (Fsp3) is 0.267. The minimum atomic E-state index is 0.597. The zero-order valence-electron chi connectivity index (χ0n) is 11.9. The second-order valence-electron chi connectivity index (χ2n) is 4.69. The molecule has 0 saturated carbocycles. The SMILES string of the molecule is CCNc1nc(NCCc2ccccc2)c2[nH]cnc2n1. The van der Waals surface area contributed by atoms with E-state index in [1.54, 1.807) is 6.33 Å². The number of H-pyrrole nitrogens is 1. The van der Waals surface area contributed by atoms with E-state index < -0.39 is 0 Å². The molecule has 0 aliphatic rings. The number of hydrogen-bond donors (Lipinski definition) is 3. The van der Waals surface area contributed by atoms with Gasteiger partial charge in [0.2, 0.25) is 5.95 Å². The Balaban J connectivity index is 1.74. The molecule has 0 aliphatic carbocycles. The van der Waals surface area contributed by atoms with Crippen LogP contribution in [0.3, 0.4) is 0 Å². The van der Waals surface area contributed by atoms with E-state index in [1.165, 1.54) is 5.56 Å². The van der Waals surface area contributed by atoms with Crippen molar-refractivity contribution in [3.8, 4) is 0 Å². The Bertz CT molecular complexity index is 707. The number of rotatable bonds is 6. The predicted molar refractivity (Wildman–Crippen MR) is 84.5 cm³/mol. The molecule has 0 atom stereocenters. The second-order valence-corrected chi connectivity index (χ2v) is 4.69. The van der Waals surface area contributed by atoms with Crippen molar-refractivity contribution in [3.63, 3.8) is 0 Å². The molecule has 3 N–H and O–H groups in total. The number of nitrogens with zero attached hydrogens (tertiary/aromatic N) is 3. The Morgan fingerprint density at radius 3 is 2.76 bits per heavy atom. The summed E-state index contributed by atoms with van der Waals surface area (Å²) < 4.78 is 0. The van der Waals surface area contributed by atoms with E-state index >= 15 is 0 Å². The standard InChI is InChI=1S/C15H18N6/c1-2-16-15-20-13(12-14(21-15)19-10-18-12)17-9-8-11-6-4-3-5-7-11/h3-7,10H,2,8-9H2,1H3,(H3,16,17,18,19,20,21). The summed E-state index contributed by atoms with van der Waals surface area (Å²) in [5, 5.41) is 6.48. The van der Waals surface area contributed by atoms with Crippen LogP contribution in [-0.2, 0) is 6.42 Å². The summed E-state index contributed by atoms with van der Waals surface area (Å²) in [4.78, 5) is 16.1. The summed E-state index contributed by atoms with van der Waals surface area (Å²) in [6, 6.07) is 10.4. The van der Waals surface area contributed by atoms with Gasteiger partial charge in [-0.25, -0.2) is 4.98 Å². The molecular formula is C15H18N6. The van der Waals surface area contributed by atoms with Crippen LogP contribution in [0, 0.1) is 0 Å². The molecule has 1 aromatic carbocycles. The molecule has 0 spiro atoms. The molecule has 6 nitrogen and oxygen atoms in total. The first-order valence-corrected chi connectivity index (χ1v) is 7.09. The zero-order valence-corrected chi connectivity index (χ0v) is 11.9. The molecule has 3 aromatic rings. The fourth-order valence-corrected chi connectivity index (χ4v) is 2.17. The smallest absolute Gasteiger partial charge is 0.226 e. The largest absolute Gasteiger partial charge is 0.368 e. The monoisotopic (exact) mass is 282 g/mol. The van der Waals surface area contributed by atoms with Crippen molar-refractivity contribution in [2.75, 3.05) is 23.7 Å². The summed E-state index contributed by atoms with van der Waals surface area (Å²) in [6.07, 6.45) is 2.58. The van der Waals surface area contributed by atoms with Gasteiger partial charge in [0.05, 0.1) is 6.33 Å². The summed E-state index contributed by atoms with van der Waals surface area (Å²) in [5.74, 6) is 1.38. The van der Waals surface area contributed by atoms with Gasteiger partial charge in [-0.3, -0.25) is 0 Å². The molecule has 108 valence electrons. The van der Waals surface area contributed by atoms with E-state index in [2.05, 4.69) is 54.8 Å². The average Bonchev–Trinajstić information content (AvgIpc) is 2.97. The number of anilines is 2. The molecule has 0 unspecified atom stereocenters. The number of aromatic nitrogens is 4. The van der Waals surface area contributed by atoms with Gasteiger partial charge >= 0.3 is 0 Å². The quantitative estimate of drug-likeness (QED) is 0.647. The van der Waals surface area contributed by atoms with E-state index in [9.17, 15) is 0 Å². The Labute approximate surface area is 123 Å². The Morgan fingerprint density at radius 1 is 1.10 bits per heavy atom. The minimum absolute atomic E-state index is 0.597. The van der Waals surface area contributed by atoms with Crippen molar-refractivity contribution in [2.45, 2.75) is 13.3 Å². The minimum Gasteiger partial charge on any atom is -0.368 e. The van der Waals surface area contributed by atoms with Crippen LogP contribution in [0.4, 0.5) is 11.8 Å². The Morgan fingerprint density at radius 2 is 1.95 bits per heavy atom. The van der Waals surface area contributed by atoms with E-state index in [0.29, 0.717) is 11.6 Å². The molecule has 0 bridgehead atoms. The van der Waals surface area contributed by atoms with Crippen molar-refractivity contribution in [1.82, 2.24) is 19.9 Å². The third-order valence-electron chi connectivity index (χ3n) is 3.17. The third kappa shape index (κ3) is 3.10. The van der Waals surface area contributed by atoms with E-state index in [4.69, 9.17) is 0 Å². The maximum absolute atomic E-state index is 4.49. The molecule has 0 amide bonds. The van der Waals surface area contributed by atoms with Crippen LogP contribution in [0.2, 0.25) is 0 Å². The first-order chi connectivity index (χ1) is 10.4. The van der Waals surface area contributed by atoms with Crippen LogP contribution in [0.5, 0.6) is 0 Å². The molecule has 2 aromatic heterocycles. The molecule has 3 rings (SSSR count). The summed E-state index contributed by atoms with van der Waals surface area (Å²) in [5.41, 5.74) is 2.81. The molecule has 21 heavy (non-hydrogen) atoms. The molecule has 6 heteroatoms. The van der Waals surface area contributed by atoms with Crippen LogP contribution >= 0.6 is 0 Å². The van der Waals surface area contributed by atoms with Crippen LogP contribution in [-0.4, -0.2) is 33.0 Å².